The van der Waals surface area contributed by atoms with Gasteiger partial charge in [-0.05, 0) is 35.9 Å². The number of nitrogens with zero attached hydrogens (tertiary/aromatic N) is 1. The van der Waals surface area contributed by atoms with Crippen molar-refractivity contribution in [2.24, 2.45) is 0 Å². The van der Waals surface area contributed by atoms with E-state index in [1.165, 1.54) is 35.3 Å². The summed E-state index contributed by atoms with van der Waals surface area (Å²) in [4.78, 5) is 25.2. The highest BCUT2D eigenvalue weighted by molar-refractivity contribution is 6.07. The third kappa shape index (κ3) is 5.99. The van der Waals surface area contributed by atoms with E-state index in [4.69, 9.17) is 4.74 Å². The van der Waals surface area contributed by atoms with Crippen LogP contribution in [0.2, 0.25) is 0 Å². The molecule has 0 aromatic heterocycles. The van der Waals surface area contributed by atoms with Crippen molar-refractivity contribution in [1.82, 2.24) is 4.90 Å². The van der Waals surface area contributed by atoms with Crippen molar-refractivity contribution < 1.29 is 27.5 Å². The van der Waals surface area contributed by atoms with Gasteiger partial charge in [0.05, 0.1) is 5.56 Å². The van der Waals surface area contributed by atoms with Crippen molar-refractivity contribution in [3.63, 3.8) is 0 Å². The number of amides is 1. The predicted octanol–water partition coefficient (Wildman–Crippen LogP) is 4.07. The number of alkyl halides is 3. The molecule has 4 nitrogen and oxygen atoms in total. The molecule has 0 aliphatic rings. The number of hydrogen-bond acceptors (Lipinski definition) is 3. The first-order valence-electron chi connectivity index (χ1n) is 7.99. The number of carbonyl (C=O) groups excluding carboxylic acids is 2. The number of rotatable bonds is 6. The van der Waals surface area contributed by atoms with Crippen LogP contribution in [-0.4, -0.2) is 37.3 Å². The van der Waals surface area contributed by atoms with Gasteiger partial charge < -0.3 is 9.64 Å². The standard InChI is InChI=1S/C20H18F3NO3/c1-24(2)19(26)13-27-17-5-3-4-15(12-17)18(25)11-8-14-6-9-16(10-7-14)20(21,22)23/h3-12H,13H2,1-2H3/b11-8+. The number of allylic oxidation sites excluding steroid dienone is 1. The molecule has 0 saturated heterocycles. The molecule has 0 atom stereocenters. The second-order valence-electron chi connectivity index (χ2n) is 5.92. The molecule has 0 fully saturated rings. The third-order valence-electron chi connectivity index (χ3n) is 3.64. The number of ketones is 1. The Morgan fingerprint density at radius 3 is 2.33 bits per heavy atom. The minimum absolute atomic E-state index is 0.147. The van der Waals surface area contributed by atoms with Gasteiger partial charge in [-0.25, -0.2) is 0 Å². The minimum atomic E-state index is -4.40. The quantitative estimate of drug-likeness (QED) is 0.563. The average molecular weight is 377 g/mol. The second kappa shape index (κ2) is 8.53. The van der Waals surface area contributed by atoms with E-state index in [0.717, 1.165) is 12.1 Å². The Hall–Kier alpha value is -3.09. The number of benzene rings is 2. The fourth-order valence-electron chi connectivity index (χ4n) is 2.06. The monoisotopic (exact) mass is 377 g/mol. The summed E-state index contributed by atoms with van der Waals surface area (Å²) in [5.74, 6) is -0.174. The molecular weight excluding hydrogens is 359 g/mol. The number of carbonyl (C=O) groups is 2. The maximum Gasteiger partial charge on any atom is 0.416 e. The van der Waals surface area contributed by atoms with Crippen LogP contribution in [0.5, 0.6) is 5.75 Å². The first-order valence-corrected chi connectivity index (χ1v) is 7.99. The van der Waals surface area contributed by atoms with E-state index in [2.05, 4.69) is 0 Å². The van der Waals surface area contributed by atoms with Crippen LogP contribution in [0, 0.1) is 0 Å². The zero-order valence-electron chi connectivity index (χ0n) is 14.8. The summed E-state index contributed by atoms with van der Waals surface area (Å²) < 4.78 is 43.0. The van der Waals surface area contributed by atoms with E-state index in [1.54, 1.807) is 32.3 Å². The van der Waals surface area contributed by atoms with E-state index in [0.29, 0.717) is 16.9 Å². The Kier molecular flexibility index (Phi) is 6.39. The molecule has 27 heavy (non-hydrogen) atoms. The molecule has 0 aliphatic carbocycles. The largest absolute Gasteiger partial charge is 0.484 e. The van der Waals surface area contributed by atoms with Gasteiger partial charge in [0.2, 0.25) is 0 Å². The lowest BCUT2D eigenvalue weighted by molar-refractivity contribution is -0.137. The maximum absolute atomic E-state index is 12.5. The van der Waals surface area contributed by atoms with Gasteiger partial charge >= 0.3 is 6.18 Å². The van der Waals surface area contributed by atoms with Crippen LogP contribution in [0.1, 0.15) is 21.5 Å². The molecule has 0 unspecified atom stereocenters. The molecule has 7 heteroatoms. The predicted molar refractivity (Wildman–Crippen MR) is 95.4 cm³/mol. The van der Waals surface area contributed by atoms with Gasteiger partial charge in [-0.3, -0.25) is 9.59 Å². The van der Waals surface area contributed by atoms with Crippen LogP contribution in [0.15, 0.2) is 54.6 Å². The molecule has 0 radical (unpaired) electrons. The van der Waals surface area contributed by atoms with Crippen LogP contribution in [-0.2, 0) is 11.0 Å². The molecule has 0 aliphatic heterocycles. The highest BCUT2D eigenvalue weighted by Gasteiger charge is 2.29. The van der Waals surface area contributed by atoms with Crippen LogP contribution < -0.4 is 4.74 Å². The summed E-state index contributed by atoms with van der Waals surface area (Å²) >= 11 is 0. The van der Waals surface area contributed by atoms with Gasteiger partial charge in [0.15, 0.2) is 12.4 Å². The average Bonchev–Trinajstić information content (AvgIpc) is 2.63. The lowest BCUT2D eigenvalue weighted by atomic mass is 10.1. The molecule has 0 bridgehead atoms. The lowest BCUT2D eigenvalue weighted by Crippen LogP contribution is -2.27. The highest BCUT2D eigenvalue weighted by Crippen LogP contribution is 2.29. The topological polar surface area (TPSA) is 46.6 Å². The normalized spacial score (nSPS) is 11.4. The number of likely N-dealkylation sites (N-methyl/N-ethyl adjacent to an activating group) is 1. The maximum atomic E-state index is 12.5. The number of halogens is 3. The summed E-state index contributed by atoms with van der Waals surface area (Å²) in [6.07, 6.45) is -1.69. The van der Waals surface area contributed by atoms with E-state index in [-0.39, 0.29) is 18.3 Å². The summed E-state index contributed by atoms with van der Waals surface area (Å²) in [5.41, 5.74) is 0.0661. The Bertz CT molecular complexity index is 840. The van der Waals surface area contributed by atoms with E-state index in [1.807, 2.05) is 0 Å². The van der Waals surface area contributed by atoms with Crippen molar-refractivity contribution >= 4 is 17.8 Å². The first kappa shape index (κ1) is 20.2. The molecule has 0 N–H and O–H groups in total. The summed E-state index contributed by atoms with van der Waals surface area (Å²) in [5, 5.41) is 0. The zero-order chi connectivity index (χ0) is 20.0. The molecule has 142 valence electrons. The zero-order valence-corrected chi connectivity index (χ0v) is 14.8. The van der Waals surface area contributed by atoms with E-state index >= 15 is 0 Å². The van der Waals surface area contributed by atoms with E-state index in [9.17, 15) is 22.8 Å². The fourth-order valence-corrected chi connectivity index (χ4v) is 2.06. The van der Waals surface area contributed by atoms with Gasteiger partial charge in [0.25, 0.3) is 5.91 Å². The summed E-state index contributed by atoms with van der Waals surface area (Å²) in [6, 6.07) is 10.8. The molecular formula is C20H18F3NO3. The molecule has 0 saturated carbocycles. The Morgan fingerprint density at radius 1 is 1.07 bits per heavy atom. The lowest BCUT2D eigenvalue weighted by Gasteiger charge is -2.11. The van der Waals surface area contributed by atoms with Crippen LogP contribution >= 0.6 is 0 Å². The van der Waals surface area contributed by atoms with Gasteiger partial charge in [0, 0.05) is 19.7 Å². The van der Waals surface area contributed by atoms with Crippen molar-refractivity contribution in [2.45, 2.75) is 6.18 Å². The van der Waals surface area contributed by atoms with Crippen molar-refractivity contribution in [2.75, 3.05) is 20.7 Å². The van der Waals surface area contributed by atoms with Gasteiger partial charge in [0.1, 0.15) is 5.75 Å². The smallest absolute Gasteiger partial charge is 0.416 e. The Morgan fingerprint density at radius 2 is 1.74 bits per heavy atom. The molecule has 2 aromatic carbocycles. The van der Waals surface area contributed by atoms with Crippen LogP contribution in [0.3, 0.4) is 0 Å². The highest BCUT2D eigenvalue weighted by atomic mass is 19.4. The SMILES string of the molecule is CN(C)C(=O)COc1cccc(C(=O)/C=C/c2ccc(C(F)(F)F)cc2)c1. The van der Waals surface area contributed by atoms with E-state index < -0.39 is 11.7 Å². The Labute approximate surface area is 154 Å². The minimum Gasteiger partial charge on any atom is -0.484 e. The third-order valence-corrected chi connectivity index (χ3v) is 3.64. The number of ether oxygens (including phenoxy) is 1. The van der Waals surface area contributed by atoms with Gasteiger partial charge in [-0.2, -0.15) is 13.2 Å². The molecule has 1 amide bonds. The van der Waals surface area contributed by atoms with Crippen LogP contribution in [0.4, 0.5) is 13.2 Å². The second-order valence-corrected chi connectivity index (χ2v) is 5.92. The molecule has 2 rings (SSSR count). The summed E-state index contributed by atoms with van der Waals surface area (Å²) in [7, 11) is 3.22. The fraction of sp³-hybridized carbons (Fsp3) is 0.200. The Balaban J connectivity index is 2.04. The van der Waals surface area contributed by atoms with Crippen molar-refractivity contribution in [3.8, 4) is 5.75 Å². The number of hydrogen-bond donors (Lipinski definition) is 0. The molecule has 0 heterocycles. The van der Waals surface area contributed by atoms with Crippen molar-refractivity contribution in [1.29, 1.82) is 0 Å². The molecule has 0 spiro atoms. The van der Waals surface area contributed by atoms with Gasteiger partial charge in [-0.1, -0.05) is 30.3 Å². The van der Waals surface area contributed by atoms with Crippen LogP contribution in [0.25, 0.3) is 6.08 Å². The molecule has 2 aromatic rings. The van der Waals surface area contributed by atoms with Crippen molar-refractivity contribution in [3.05, 3.63) is 71.3 Å². The summed E-state index contributed by atoms with van der Waals surface area (Å²) in [6.45, 7) is -0.147. The van der Waals surface area contributed by atoms with Gasteiger partial charge in [-0.15, -0.1) is 0 Å². The first-order chi connectivity index (χ1) is 12.7.